The fraction of sp³-hybridized carbons (Fsp3) is 0.133. The Labute approximate surface area is 161 Å². The molecule has 2 aromatic carbocycles. The maximum absolute atomic E-state index is 13.1. The second kappa shape index (κ2) is 7.91. The van der Waals surface area contributed by atoms with Crippen LogP contribution in [0.25, 0.3) is 0 Å². The molecular weight excluding hydrogens is 435 g/mol. The van der Waals surface area contributed by atoms with E-state index in [4.69, 9.17) is 28.0 Å². The first-order chi connectivity index (χ1) is 12.4. The molecule has 0 amide bonds. The minimum absolute atomic E-state index is 0.00202. The standard InChI is InChI=1S/C15H10Cl2F4N2O3S/c1-8(22-26-10-3-4-13(18)12(17)7-10)11-6-9(16)2-5-14(11)23-27(24,25)15(19,20)21/h2-7,23H,1H3/b22-8+. The van der Waals surface area contributed by atoms with Gasteiger partial charge in [-0.15, -0.1) is 0 Å². The molecule has 0 unspecified atom stereocenters. The Morgan fingerprint density at radius 1 is 1.15 bits per heavy atom. The molecule has 0 aromatic heterocycles. The third-order valence-corrected chi connectivity index (χ3v) is 4.72. The molecule has 2 aromatic rings. The second-order valence-corrected chi connectivity index (χ2v) is 7.60. The summed E-state index contributed by atoms with van der Waals surface area (Å²) in [6.07, 6.45) is 0. The Balaban J connectivity index is 2.36. The number of sulfonamides is 1. The van der Waals surface area contributed by atoms with Crippen LogP contribution in [0.3, 0.4) is 0 Å². The van der Waals surface area contributed by atoms with Gasteiger partial charge in [0.15, 0.2) is 5.75 Å². The molecule has 0 aliphatic rings. The van der Waals surface area contributed by atoms with E-state index < -0.39 is 27.0 Å². The van der Waals surface area contributed by atoms with Gasteiger partial charge in [0.2, 0.25) is 0 Å². The Bertz CT molecular complexity index is 995. The van der Waals surface area contributed by atoms with Crippen molar-refractivity contribution in [3.8, 4) is 5.75 Å². The molecule has 0 fully saturated rings. The monoisotopic (exact) mass is 444 g/mol. The predicted octanol–water partition coefficient (Wildman–Crippen LogP) is 5.20. The molecule has 0 heterocycles. The van der Waals surface area contributed by atoms with Crippen molar-refractivity contribution in [3.05, 3.63) is 57.8 Å². The van der Waals surface area contributed by atoms with Crippen LogP contribution in [0.1, 0.15) is 12.5 Å². The van der Waals surface area contributed by atoms with Gasteiger partial charge in [-0.2, -0.15) is 21.6 Å². The third-order valence-electron chi connectivity index (χ3n) is 3.10. The maximum atomic E-state index is 13.1. The number of nitrogens with one attached hydrogen (secondary N) is 1. The molecule has 2 rings (SSSR count). The summed E-state index contributed by atoms with van der Waals surface area (Å²) in [6.45, 7) is 1.35. The van der Waals surface area contributed by atoms with Crippen LogP contribution in [-0.2, 0) is 10.0 Å². The van der Waals surface area contributed by atoms with Gasteiger partial charge in [0, 0.05) is 16.7 Å². The van der Waals surface area contributed by atoms with Gasteiger partial charge in [-0.05, 0) is 37.3 Å². The molecular formula is C15H10Cl2F4N2O3S. The summed E-state index contributed by atoms with van der Waals surface area (Å²) >= 11 is 11.4. The van der Waals surface area contributed by atoms with E-state index in [9.17, 15) is 26.0 Å². The summed E-state index contributed by atoms with van der Waals surface area (Å²) in [4.78, 5) is 5.04. The Hall–Kier alpha value is -2.04. The molecule has 0 radical (unpaired) electrons. The highest BCUT2D eigenvalue weighted by molar-refractivity contribution is 7.93. The van der Waals surface area contributed by atoms with Crippen LogP contribution in [0.5, 0.6) is 5.75 Å². The van der Waals surface area contributed by atoms with Gasteiger partial charge in [0.05, 0.1) is 16.4 Å². The molecule has 12 heteroatoms. The van der Waals surface area contributed by atoms with Crippen molar-refractivity contribution in [2.75, 3.05) is 4.72 Å². The molecule has 1 N–H and O–H groups in total. The summed E-state index contributed by atoms with van der Waals surface area (Å²) in [5.41, 5.74) is -5.96. The number of hydrogen-bond donors (Lipinski definition) is 1. The van der Waals surface area contributed by atoms with Crippen LogP contribution in [0.2, 0.25) is 10.0 Å². The fourth-order valence-electron chi connectivity index (χ4n) is 1.81. The van der Waals surface area contributed by atoms with E-state index in [1.165, 1.54) is 29.8 Å². The zero-order chi connectivity index (χ0) is 20.4. The molecule has 27 heavy (non-hydrogen) atoms. The topological polar surface area (TPSA) is 67.8 Å². The molecule has 0 aliphatic carbocycles. The number of hydrogen-bond acceptors (Lipinski definition) is 4. The van der Waals surface area contributed by atoms with Crippen LogP contribution in [0.15, 0.2) is 41.6 Å². The average Bonchev–Trinajstić information content (AvgIpc) is 2.56. The van der Waals surface area contributed by atoms with Crippen LogP contribution in [-0.4, -0.2) is 19.6 Å². The normalized spacial score (nSPS) is 12.8. The lowest BCUT2D eigenvalue weighted by atomic mass is 10.1. The number of benzene rings is 2. The van der Waals surface area contributed by atoms with Crippen molar-refractivity contribution >= 4 is 44.6 Å². The van der Waals surface area contributed by atoms with Crippen molar-refractivity contribution < 1.29 is 30.8 Å². The second-order valence-electron chi connectivity index (χ2n) is 5.09. The number of alkyl halides is 3. The lowest BCUT2D eigenvalue weighted by Gasteiger charge is -2.14. The first-order valence-electron chi connectivity index (χ1n) is 6.96. The van der Waals surface area contributed by atoms with Gasteiger partial charge in [-0.3, -0.25) is 4.72 Å². The minimum atomic E-state index is -5.65. The van der Waals surface area contributed by atoms with Crippen molar-refractivity contribution in [2.24, 2.45) is 5.16 Å². The lowest BCUT2D eigenvalue weighted by molar-refractivity contribution is -0.0429. The SMILES string of the molecule is C/C(=N\Oc1ccc(F)c(Cl)c1)c1cc(Cl)ccc1NS(=O)(=O)C(F)(F)F. The summed E-state index contributed by atoms with van der Waals surface area (Å²) in [5.74, 6) is -0.622. The predicted molar refractivity (Wildman–Crippen MR) is 94.3 cm³/mol. The van der Waals surface area contributed by atoms with Crippen LogP contribution in [0.4, 0.5) is 23.2 Å². The first kappa shape index (κ1) is 21.3. The van der Waals surface area contributed by atoms with E-state index in [1.807, 2.05) is 0 Å². The van der Waals surface area contributed by atoms with E-state index >= 15 is 0 Å². The van der Waals surface area contributed by atoms with E-state index in [-0.39, 0.29) is 27.1 Å². The van der Waals surface area contributed by atoms with E-state index in [1.54, 1.807) is 0 Å². The quantitative estimate of drug-likeness (QED) is 0.391. The molecule has 0 saturated heterocycles. The number of halogens is 6. The van der Waals surface area contributed by atoms with Crippen LogP contribution in [0, 0.1) is 5.82 Å². The van der Waals surface area contributed by atoms with Gasteiger partial charge in [-0.25, -0.2) is 4.39 Å². The van der Waals surface area contributed by atoms with Crippen LogP contribution < -0.4 is 9.56 Å². The highest BCUT2D eigenvalue weighted by atomic mass is 35.5. The summed E-state index contributed by atoms with van der Waals surface area (Å²) in [6, 6.07) is 6.85. The van der Waals surface area contributed by atoms with Gasteiger partial charge < -0.3 is 4.84 Å². The number of oxime groups is 1. The fourth-order valence-corrected chi connectivity index (χ4v) is 2.74. The Kier molecular flexibility index (Phi) is 6.23. The van der Waals surface area contributed by atoms with Gasteiger partial charge in [0.1, 0.15) is 5.82 Å². The molecule has 0 bridgehead atoms. The van der Waals surface area contributed by atoms with Crippen molar-refractivity contribution in [3.63, 3.8) is 0 Å². The number of rotatable bonds is 5. The van der Waals surface area contributed by atoms with Crippen molar-refractivity contribution in [2.45, 2.75) is 12.4 Å². The minimum Gasteiger partial charge on any atom is -0.357 e. The van der Waals surface area contributed by atoms with E-state index in [2.05, 4.69) is 5.16 Å². The number of nitrogens with zero attached hydrogens (tertiary/aromatic N) is 1. The average molecular weight is 445 g/mol. The zero-order valence-electron chi connectivity index (χ0n) is 13.3. The summed E-state index contributed by atoms with van der Waals surface area (Å²) in [7, 11) is -5.65. The molecule has 0 saturated carbocycles. The Morgan fingerprint density at radius 2 is 1.81 bits per heavy atom. The summed E-state index contributed by atoms with van der Waals surface area (Å²) < 4.78 is 75.0. The zero-order valence-corrected chi connectivity index (χ0v) is 15.6. The summed E-state index contributed by atoms with van der Waals surface area (Å²) in [5, 5.41) is 3.59. The van der Waals surface area contributed by atoms with E-state index in [0.29, 0.717) is 0 Å². The molecule has 5 nitrogen and oxygen atoms in total. The lowest BCUT2D eigenvalue weighted by Crippen LogP contribution is -2.30. The van der Waals surface area contributed by atoms with Crippen LogP contribution >= 0.6 is 23.2 Å². The molecule has 0 aliphatic heterocycles. The van der Waals surface area contributed by atoms with Gasteiger partial charge in [0.25, 0.3) is 0 Å². The van der Waals surface area contributed by atoms with Crippen molar-refractivity contribution in [1.29, 1.82) is 0 Å². The number of anilines is 1. The van der Waals surface area contributed by atoms with Crippen molar-refractivity contribution in [1.82, 2.24) is 0 Å². The Morgan fingerprint density at radius 3 is 2.41 bits per heavy atom. The molecule has 0 spiro atoms. The third kappa shape index (κ3) is 5.24. The highest BCUT2D eigenvalue weighted by Gasteiger charge is 2.46. The highest BCUT2D eigenvalue weighted by Crippen LogP contribution is 2.29. The van der Waals surface area contributed by atoms with Gasteiger partial charge >= 0.3 is 15.5 Å². The first-order valence-corrected chi connectivity index (χ1v) is 9.20. The van der Waals surface area contributed by atoms with E-state index in [0.717, 1.165) is 18.2 Å². The largest absolute Gasteiger partial charge is 0.516 e. The maximum Gasteiger partial charge on any atom is 0.516 e. The molecule has 0 atom stereocenters. The smallest absolute Gasteiger partial charge is 0.357 e. The van der Waals surface area contributed by atoms with Gasteiger partial charge in [-0.1, -0.05) is 28.4 Å². The molecule has 146 valence electrons.